The van der Waals surface area contributed by atoms with Crippen LogP contribution < -0.4 is 5.48 Å². The maximum atomic E-state index is 10.9. The van der Waals surface area contributed by atoms with Crippen LogP contribution >= 0.6 is 0 Å². The lowest BCUT2D eigenvalue weighted by Crippen LogP contribution is -2.17. The van der Waals surface area contributed by atoms with Crippen LogP contribution in [0.15, 0.2) is 54.6 Å². The molecular weight excluding hydrogens is 300 g/mol. The molecule has 4 heteroatoms. The third-order valence-electron chi connectivity index (χ3n) is 4.05. The summed E-state index contributed by atoms with van der Waals surface area (Å²) >= 11 is 0. The summed E-state index contributed by atoms with van der Waals surface area (Å²) in [6.45, 7) is 0. The Labute approximate surface area is 143 Å². The zero-order chi connectivity index (χ0) is 17.2. The SMILES string of the molecule is N=C(CCCCCCC(=O)NO)c1ccc(-c2ccccc2)cc1. The molecule has 0 aliphatic carbocycles. The Morgan fingerprint density at radius 2 is 1.42 bits per heavy atom. The van der Waals surface area contributed by atoms with E-state index in [4.69, 9.17) is 10.6 Å². The Kier molecular flexibility index (Phi) is 7.18. The van der Waals surface area contributed by atoms with E-state index in [-0.39, 0.29) is 5.91 Å². The van der Waals surface area contributed by atoms with Gasteiger partial charge >= 0.3 is 0 Å². The molecule has 2 aromatic rings. The Morgan fingerprint density at radius 3 is 2.04 bits per heavy atom. The minimum absolute atomic E-state index is 0.332. The highest BCUT2D eigenvalue weighted by Crippen LogP contribution is 2.20. The third-order valence-corrected chi connectivity index (χ3v) is 4.05. The molecule has 0 aliphatic rings. The normalized spacial score (nSPS) is 10.4. The summed E-state index contributed by atoms with van der Waals surface area (Å²) in [4.78, 5) is 10.9. The van der Waals surface area contributed by atoms with E-state index >= 15 is 0 Å². The molecule has 24 heavy (non-hydrogen) atoms. The first-order valence-corrected chi connectivity index (χ1v) is 8.37. The molecule has 0 radical (unpaired) electrons. The van der Waals surface area contributed by atoms with Gasteiger partial charge in [-0.15, -0.1) is 0 Å². The Morgan fingerprint density at radius 1 is 0.833 bits per heavy atom. The van der Waals surface area contributed by atoms with E-state index in [1.807, 2.05) is 30.3 Å². The Bertz CT molecular complexity index is 651. The number of nitrogens with one attached hydrogen (secondary N) is 2. The lowest BCUT2D eigenvalue weighted by Gasteiger charge is -2.06. The van der Waals surface area contributed by atoms with Gasteiger partial charge < -0.3 is 5.41 Å². The molecule has 0 saturated heterocycles. The molecule has 126 valence electrons. The van der Waals surface area contributed by atoms with Crippen molar-refractivity contribution in [3.8, 4) is 11.1 Å². The number of unbranched alkanes of at least 4 members (excludes halogenated alkanes) is 3. The minimum Gasteiger partial charge on any atom is -0.305 e. The fourth-order valence-corrected chi connectivity index (χ4v) is 2.64. The van der Waals surface area contributed by atoms with Gasteiger partial charge in [0.2, 0.25) is 5.91 Å². The van der Waals surface area contributed by atoms with Gasteiger partial charge in [0.1, 0.15) is 0 Å². The van der Waals surface area contributed by atoms with E-state index in [2.05, 4.69) is 24.3 Å². The number of hydrogen-bond acceptors (Lipinski definition) is 3. The van der Waals surface area contributed by atoms with Crippen LogP contribution in [0, 0.1) is 5.41 Å². The van der Waals surface area contributed by atoms with Gasteiger partial charge in [-0.05, 0) is 36.0 Å². The van der Waals surface area contributed by atoms with E-state index < -0.39 is 0 Å². The largest absolute Gasteiger partial charge is 0.305 e. The second-order valence-electron chi connectivity index (χ2n) is 5.87. The smallest absolute Gasteiger partial charge is 0.243 e. The average molecular weight is 324 g/mol. The van der Waals surface area contributed by atoms with Gasteiger partial charge in [-0.25, -0.2) is 5.48 Å². The molecule has 4 nitrogen and oxygen atoms in total. The van der Waals surface area contributed by atoms with Gasteiger partial charge in [0, 0.05) is 12.1 Å². The number of rotatable bonds is 9. The fourth-order valence-electron chi connectivity index (χ4n) is 2.64. The van der Waals surface area contributed by atoms with Crippen molar-refractivity contribution in [3.63, 3.8) is 0 Å². The van der Waals surface area contributed by atoms with Gasteiger partial charge in [-0.1, -0.05) is 67.4 Å². The van der Waals surface area contributed by atoms with Crippen LogP contribution in [0.1, 0.15) is 44.1 Å². The summed E-state index contributed by atoms with van der Waals surface area (Å²) in [5, 5.41) is 16.6. The number of hydrogen-bond donors (Lipinski definition) is 3. The lowest BCUT2D eigenvalue weighted by molar-refractivity contribution is -0.129. The zero-order valence-electron chi connectivity index (χ0n) is 13.8. The molecule has 2 aromatic carbocycles. The first-order valence-electron chi connectivity index (χ1n) is 8.37. The number of amides is 1. The molecule has 0 atom stereocenters. The van der Waals surface area contributed by atoms with Gasteiger partial charge in [0.25, 0.3) is 0 Å². The number of hydroxylamine groups is 1. The van der Waals surface area contributed by atoms with Gasteiger partial charge in [-0.2, -0.15) is 0 Å². The summed E-state index contributed by atoms with van der Waals surface area (Å²) in [5.41, 5.74) is 5.61. The van der Waals surface area contributed by atoms with Crippen molar-refractivity contribution >= 4 is 11.6 Å². The maximum absolute atomic E-state index is 10.9. The molecule has 0 saturated carbocycles. The maximum Gasteiger partial charge on any atom is 0.243 e. The lowest BCUT2D eigenvalue weighted by atomic mass is 9.99. The van der Waals surface area contributed by atoms with E-state index in [0.717, 1.165) is 43.2 Å². The molecule has 3 N–H and O–H groups in total. The van der Waals surface area contributed by atoms with Crippen molar-refractivity contribution in [2.45, 2.75) is 38.5 Å². The Balaban J connectivity index is 1.74. The van der Waals surface area contributed by atoms with Gasteiger partial charge in [0.15, 0.2) is 0 Å². The molecule has 0 unspecified atom stereocenters. The van der Waals surface area contributed by atoms with Crippen LogP contribution in [-0.2, 0) is 4.79 Å². The molecule has 0 aliphatic heterocycles. The van der Waals surface area contributed by atoms with Crippen LogP contribution in [0.5, 0.6) is 0 Å². The third kappa shape index (κ3) is 5.63. The summed E-state index contributed by atoms with van der Waals surface area (Å²) in [6.07, 6.45) is 4.74. The Hall–Kier alpha value is -2.46. The molecule has 0 heterocycles. The predicted molar refractivity (Wildman–Crippen MR) is 96.3 cm³/mol. The molecule has 0 fully saturated rings. The van der Waals surface area contributed by atoms with Crippen molar-refractivity contribution in [1.29, 1.82) is 5.41 Å². The predicted octanol–water partition coefficient (Wildman–Crippen LogP) is 4.57. The van der Waals surface area contributed by atoms with Crippen LogP contribution in [0.25, 0.3) is 11.1 Å². The van der Waals surface area contributed by atoms with E-state index in [9.17, 15) is 4.79 Å². The highest BCUT2D eigenvalue weighted by atomic mass is 16.5. The van der Waals surface area contributed by atoms with Crippen LogP contribution in [0.4, 0.5) is 0 Å². The summed E-state index contributed by atoms with van der Waals surface area (Å²) < 4.78 is 0. The van der Waals surface area contributed by atoms with E-state index in [1.165, 1.54) is 5.56 Å². The number of benzene rings is 2. The molecule has 1 amide bonds. The first-order chi connectivity index (χ1) is 11.7. The van der Waals surface area contributed by atoms with Gasteiger partial charge in [-0.3, -0.25) is 10.0 Å². The standard InChI is InChI=1S/C20H24N2O2/c21-19(10-6-1-2-7-11-20(23)22-24)18-14-12-17(13-15-18)16-8-4-3-5-9-16/h3-5,8-9,12-15,21,24H,1-2,6-7,10-11H2,(H,22,23). The molecular formula is C20H24N2O2. The summed E-state index contributed by atoms with van der Waals surface area (Å²) in [7, 11) is 0. The van der Waals surface area contributed by atoms with Crippen molar-refractivity contribution in [1.82, 2.24) is 5.48 Å². The highest BCUT2D eigenvalue weighted by molar-refractivity contribution is 5.98. The van der Waals surface area contributed by atoms with Crippen LogP contribution in [-0.4, -0.2) is 16.8 Å². The van der Waals surface area contributed by atoms with E-state index in [1.54, 1.807) is 5.48 Å². The molecule has 2 rings (SSSR count). The van der Waals surface area contributed by atoms with Crippen molar-refractivity contribution in [2.24, 2.45) is 0 Å². The van der Waals surface area contributed by atoms with Gasteiger partial charge in [0.05, 0.1) is 0 Å². The van der Waals surface area contributed by atoms with Crippen molar-refractivity contribution < 1.29 is 10.0 Å². The van der Waals surface area contributed by atoms with E-state index in [0.29, 0.717) is 12.1 Å². The zero-order valence-corrected chi connectivity index (χ0v) is 13.8. The highest BCUT2D eigenvalue weighted by Gasteiger charge is 2.03. The summed E-state index contributed by atoms with van der Waals surface area (Å²) in [6, 6.07) is 18.4. The first kappa shape index (κ1) is 17.9. The fraction of sp³-hybridized carbons (Fsp3) is 0.300. The monoisotopic (exact) mass is 324 g/mol. The molecule has 0 bridgehead atoms. The number of carbonyl (C=O) groups is 1. The average Bonchev–Trinajstić information content (AvgIpc) is 2.65. The second-order valence-corrected chi connectivity index (χ2v) is 5.87. The van der Waals surface area contributed by atoms with Crippen LogP contribution in [0.3, 0.4) is 0 Å². The summed E-state index contributed by atoms with van der Waals surface area (Å²) in [5.74, 6) is -0.332. The second kappa shape index (κ2) is 9.63. The number of carbonyl (C=O) groups excluding carboxylic acids is 1. The van der Waals surface area contributed by atoms with Crippen molar-refractivity contribution in [3.05, 3.63) is 60.2 Å². The molecule has 0 spiro atoms. The minimum atomic E-state index is -0.332. The van der Waals surface area contributed by atoms with Crippen LogP contribution in [0.2, 0.25) is 0 Å². The molecule has 0 aromatic heterocycles. The quantitative estimate of drug-likeness (QED) is 0.274. The van der Waals surface area contributed by atoms with Crippen molar-refractivity contribution in [2.75, 3.05) is 0 Å². The topological polar surface area (TPSA) is 73.2 Å².